The number of hydrogen-bond donors (Lipinski definition) is 1. The van der Waals surface area contributed by atoms with Crippen LogP contribution in [0.1, 0.15) is 53.6 Å². The number of ether oxygens (including phenoxy) is 1. The molecule has 6 nitrogen and oxygen atoms in total. The zero-order valence-electron chi connectivity index (χ0n) is 21.6. The van der Waals surface area contributed by atoms with Crippen LogP contribution in [0.4, 0.5) is 0 Å². The minimum atomic E-state index is 0.0125. The van der Waals surface area contributed by atoms with Gasteiger partial charge in [0, 0.05) is 49.5 Å². The van der Waals surface area contributed by atoms with Gasteiger partial charge < -0.3 is 19.5 Å². The van der Waals surface area contributed by atoms with Gasteiger partial charge in [0.05, 0.1) is 31.0 Å². The Bertz CT molecular complexity index is 1170. The van der Waals surface area contributed by atoms with Gasteiger partial charge in [-0.25, -0.2) is 0 Å². The lowest BCUT2D eigenvalue weighted by Gasteiger charge is -2.30. The fraction of sp³-hybridized carbons (Fsp3) is 0.448. The molecule has 2 aliphatic rings. The third-order valence-corrected chi connectivity index (χ3v) is 7.92. The van der Waals surface area contributed by atoms with Crippen molar-refractivity contribution in [2.45, 2.75) is 45.7 Å². The van der Waals surface area contributed by atoms with Crippen molar-refractivity contribution in [1.29, 1.82) is 0 Å². The van der Waals surface area contributed by atoms with Crippen LogP contribution < -0.4 is 5.32 Å². The number of hydrogen-bond acceptors (Lipinski definition) is 4. The predicted molar refractivity (Wildman–Crippen MR) is 149 cm³/mol. The third kappa shape index (κ3) is 5.05. The van der Waals surface area contributed by atoms with E-state index in [-0.39, 0.29) is 12.1 Å². The molecule has 0 saturated carbocycles. The van der Waals surface area contributed by atoms with Gasteiger partial charge in [0.2, 0.25) is 0 Å². The Morgan fingerprint density at radius 2 is 1.83 bits per heavy atom. The molecule has 0 bridgehead atoms. The summed E-state index contributed by atoms with van der Waals surface area (Å²) in [5, 5.41) is 4.43. The van der Waals surface area contributed by atoms with Gasteiger partial charge >= 0.3 is 0 Å². The molecule has 1 aromatic carbocycles. The molecular formula is C29H37N5OS. The van der Waals surface area contributed by atoms with Gasteiger partial charge in [-0.05, 0) is 80.4 Å². The Labute approximate surface area is 220 Å². The summed E-state index contributed by atoms with van der Waals surface area (Å²) in [5.41, 5.74) is 7.38. The summed E-state index contributed by atoms with van der Waals surface area (Å²) in [4.78, 5) is 9.60. The highest BCUT2D eigenvalue weighted by Gasteiger charge is 2.41. The van der Waals surface area contributed by atoms with E-state index in [0.717, 1.165) is 63.0 Å². The van der Waals surface area contributed by atoms with Gasteiger partial charge in [-0.15, -0.1) is 0 Å². The summed E-state index contributed by atoms with van der Waals surface area (Å²) in [6.07, 6.45) is 3.98. The second kappa shape index (κ2) is 11.1. The van der Waals surface area contributed by atoms with E-state index in [1.165, 1.54) is 28.2 Å². The third-order valence-electron chi connectivity index (χ3n) is 7.57. The van der Waals surface area contributed by atoms with Crippen LogP contribution in [-0.4, -0.2) is 63.9 Å². The second-order valence-electron chi connectivity index (χ2n) is 9.81. The van der Waals surface area contributed by atoms with Crippen LogP contribution in [0.3, 0.4) is 0 Å². The number of nitrogens with zero attached hydrogens (tertiary/aromatic N) is 4. The number of aromatic nitrogens is 2. The highest BCUT2D eigenvalue weighted by atomic mass is 32.1. The van der Waals surface area contributed by atoms with Gasteiger partial charge in [0.1, 0.15) is 0 Å². The Morgan fingerprint density at radius 1 is 1.06 bits per heavy atom. The number of rotatable bonds is 8. The van der Waals surface area contributed by atoms with Crippen molar-refractivity contribution < 1.29 is 4.74 Å². The van der Waals surface area contributed by atoms with Crippen molar-refractivity contribution in [1.82, 2.24) is 24.7 Å². The highest BCUT2D eigenvalue weighted by molar-refractivity contribution is 7.80. The lowest BCUT2D eigenvalue weighted by Crippen LogP contribution is -2.39. The number of pyridine rings is 1. The molecule has 2 aliphatic heterocycles. The molecule has 0 unspecified atom stereocenters. The first-order valence-corrected chi connectivity index (χ1v) is 13.5. The molecule has 0 aliphatic carbocycles. The number of nitrogens with one attached hydrogen (secondary N) is 1. The molecule has 7 heteroatoms. The molecule has 0 spiro atoms. The average Bonchev–Trinajstić information content (AvgIpc) is 3.39. The Hall–Kier alpha value is -2.74. The Morgan fingerprint density at radius 3 is 2.53 bits per heavy atom. The topological polar surface area (TPSA) is 45.6 Å². The maximum absolute atomic E-state index is 5.92. The number of thiocarbonyl (C=S) groups is 1. The van der Waals surface area contributed by atoms with Gasteiger partial charge in [-0.2, -0.15) is 0 Å². The first-order valence-electron chi connectivity index (χ1n) is 13.1. The van der Waals surface area contributed by atoms with E-state index in [0.29, 0.717) is 0 Å². The first-order chi connectivity index (χ1) is 17.6. The zero-order valence-corrected chi connectivity index (χ0v) is 22.4. The van der Waals surface area contributed by atoms with E-state index < -0.39 is 0 Å². The van der Waals surface area contributed by atoms with Crippen LogP contribution in [0.5, 0.6) is 0 Å². The fourth-order valence-electron chi connectivity index (χ4n) is 5.64. The SMILES string of the molecule is CCc1ccc(-n2c(C)cc([C@H]3[C@H](c4ccccn4)NC(=S)N3CCCN3CCOCC3)c2C)cc1. The number of aryl methyl sites for hydroxylation is 2. The summed E-state index contributed by atoms with van der Waals surface area (Å²) in [5.74, 6) is 0. The minimum absolute atomic E-state index is 0.0125. The largest absolute Gasteiger partial charge is 0.379 e. The molecule has 1 N–H and O–H groups in total. The molecule has 5 rings (SSSR count). The summed E-state index contributed by atoms with van der Waals surface area (Å²) >= 11 is 5.92. The maximum atomic E-state index is 5.92. The van der Waals surface area contributed by atoms with E-state index in [1.807, 2.05) is 12.3 Å². The van der Waals surface area contributed by atoms with Crippen molar-refractivity contribution in [2.24, 2.45) is 0 Å². The van der Waals surface area contributed by atoms with E-state index in [4.69, 9.17) is 21.9 Å². The first kappa shape index (κ1) is 24.9. The van der Waals surface area contributed by atoms with Crippen LogP contribution >= 0.6 is 12.2 Å². The molecule has 2 aromatic heterocycles. The van der Waals surface area contributed by atoms with Gasteiger partial charge in [0.25, 0.3) is 0 Å². The van der Waals surface area contributed by atoms with E-state index in [2.05, 4.69) is 82.9 Å². The van der Waals surface area contributed by atoms with Gasteiger partial charge in [-0.3, -0.25) is 9.88 Å². The van der Waals surface area contributed by atoms with Crippen LogP contribution in [0.15, 0.2) is 54.7 Å². The van der Waals surface area contributed by atoms with Gasteiger partial charge in [0.15, 0.2) is 5.11 Å². The monoisotopic (exact) mass is 503 g/mol. The summed E-state index contributed by atoms with van der Waals surface area (Å²) < 4.78 is 7.89. The molecule has 0 amide bonds. The molecule has 2 atom stereocenters. The van der Waals surface area contributed by atoms with Crippen molar-refractivity contribution in [3.8, 4) is 5.69 Å². The van der Waals surface area contributed by atoms with Crippen molar-refractivity contribution in [3.05, 3.63) is 82.9 Å². The van der Waals surface area contributed by atoms with Crippen LogP contribution in [0.2, 0.25) is 0 Å². The Balaban J connectivity index is 1.46. The standard InChI is InChI=1S/C29H37N5OS/c1-4-23-9-11-24(12-10-23)34-21(2)20-25(22(34)3)28-27(26-8-5-6-13-30-26)31-29(36)33(28)15-7-14-32-16-18-35-19-17-32/h5-6,8-13,20,27-28H,4,7,14-19H2,1-3H3,(H,31,36)/t27-,28-/m0/s1. The van der Waals surface area contributed by atoms with Crippen LogP contribution in [0, 0.1) is 13.8 Å². The van der Waals surface area contributed by atoms with Crippen molar-refractivity contribution >= 4 is 17.3 Å². The normalized spacial score (nSPS) is 20.6. The van der Waals surface area contributed by atoms with Crippen molar-refractivity contribution in [2.75, 3.05) is 39.4 Å². The smallest absolute Gasteiger partial charge is 0.170 e. The molecule has 190 valence electrons. The minimum Gasteiger partial charge on any atom is -0.379 e. The maximum Gasteiger partial charge on any atom is 0.170 e. The zero-order chi connectivity index (χ0) is 25.1. The van der Waals surface area contributed by atoms with E-state index in [1.54, 1.807) is 0 Å². The van der Waals surface area contributed by atoms with E-state index >= 15 is 0 Å². The number of benzene rings is 1. The molecule has 36 heavy (non-hydrogen) atoms. The molecule has 2 fully saturated rings. The summed E-state index contributed by atoms with van der Waals surface area (Å²) in [6, 6.07) is 17.5. The lowest BCUT2D eigenvalue weighted by molar-refractivity contribution is 0.0365. The summed E-state index contributed by atoms with van der Waals surface area (Å²) in [7, 11) is 0. The molecule has 2 saturated heterocycles. The van der Waals surface area contributed by atoms with Crippen LogP contribution in [-0.2, 0) is 11.2 Å². The molecule has 0 radical (unpaired) electrons. The average molecular weight is 504 g/mol. The predicted octanol–water partition coefficient (Wildman–Crippen LogP) is 4.75. The highest BCUT2D eigenvalue weighted by Crippen LogP contribution is 2.41. The molecular weight excluding hydrogens is 466 g/mol. The van der Waals surface area contributed by atoms with Crippen molar-refractivity contribution in [3.63, 3.8) is 0 Å². The van der Waals surface area contributed by atoms with E-state index in [9.17, 15) is 0 Å². The lowest BCUT2D eigenvalue weighted by atomic mass is 9.96. The Kier molecular flexibility index (Phi) is 7.70. The summed E-state index contributed by atoms with van der Waals surface area (Å²) in [6.45, 7) is 12.3. The van der Waals surface area contributed by atoms with Crippen LogP contribution in [0.25, 0.3) is 5.69 Å². The fourth-order valence-corrected chi connectivity index (χ4v) is 5.97. The van der Waals surface area contributed by atoms with Gasteiger partial charge in [-0.1, -0.05) is 25.1 Å². The second-order valence-corrected chi connectivity index (χ2v) is 10.2. The molecule has 4 heterocycles. The quantitative estimate of drug-likeness (QED) is 0.448. The molecule has 3 aromatic rings. The number of morpholine rings is 1.